The predicted octanol–water partition coefficient (Wildman–Crippen LogP) is 3.82. The summed E-state index contributed by atoms with van der Waals surface area (Å²) in [7, 11) is 0. The number of amides is 1. The number of aryl methyl sites for hydroxylation is 1. The first-order valence-electron chi connectivity index (χ1n) is 8.74. The Morgan fingerprint density at radius 3 is 2.92 bits per heavy atom. The van der Waals surface area contributed by atoms with Crippen LogP contribution in [0, 0.1) is 11.3 Å². The van der Waals surface area contributed by atoms with Gasteiger partial charge in [-0.05, 0) is 48.6 Å². The number of H-pyrrole nitrogens is 1. The van der Waals surface area contributed by atoms with Crippen molar-refractivity contribution in [1.29, 1.82) is 5.26 Å². The standard InChI is InChI=1S/C21H19N3O2/c22-12-15-6-8-19-17(10-15)18-11-16(7-9-20(18)24-19)23-21(25)26-13-14-4-2-1-3-5-14/h1-6,8,10,16,24H,7,9,11,13H2,(H,23,25)/t16-/m0/s1. The number of nitrogens with zero attached hydrogens (tertiary/aromatic N) is 1. The van der Waals surface area contributed by atoms with Gasteiger partial charge in [0.2, 0.25) is 0 Å². The molecule has 1 aromatic heterocycles. The van der Waals surface area contributed by atoms with E-state index < -0.39 is 0 Å². The number of hydrogen-bond acceptors (Lipinski definition) is 3. The number of aromatic amines is 1. The summed E-state index contributed by atoms with van der Waals surface area (Å²) in [5.41, 5.74) is 5.05. The molecule has 2 aromatic carbocycles. The van der Waals surface area contributed by atoms with Gasteiger partial charge in [-0.2, -0.15) is 5.26 Å². The minimum absolute atomic E-state index is 0.0375. The predicted molar refractivity (Wildman–Crippen MR) is 98.6 cm³/mol. The van der Waals surface area contributed by atoms with Crippen LogP contribution in [-0.2, 0) is 24.2 Å². The third-order valence-corrected chi connectivity index (χ3v) is 4.85. The molecule has 0 bridgehead atoms. The number of benzene rings is 2. The Hall–Kier alpha value is -3.26. The fraction of sp³-hybridized carbons (Fsp3) is 0.238. The number of rotatable bonds is 3. The van der Waals surface area contributed by atoms with Gasteiger partial charge in [0.1, 0.15) is 6.61 Å². The maximum absolute atomic E-state index is 12.1. The molecule has 5 heteroatoms. The molecule has 1 atom stereocenters. The highest BCUT2D eigenvalue weighted by molar-refractivity contribution is 5.86. The lowest BCUT2D eigenvalue weighted by Crippen LogP contribution is -2.39. The van der Waals surface area contributed by atoms with Crippen LogP contribution in [0.2, 0.25) is 0 Å². The van der Waals surface area contributed by atoms with Gasteiger partial charge in [-0.3, -0.25) is 0 Å². The monoisotopic (exact) mass is 345 g/mol. The largest absolute Gasteiger partial charge is 0.445 e. The number of carbonyl (C=O) groups excluding carboxylic acids is 1. The third kappa shape index (κ3) is 3.27. The highest BCUT2D eigenvalue weighted by atomic mass is 16.5. The lowest BCUT2D eigenvalue weighted by Gasteiger charge is -2.23. The van der Waals surface area contributed by atoms with Crippen molar-refractivity contribution in [3.63, 3.8) is 0 Å². The van der Waals surface area contributed by atoms with Gasteiger partial charge in [-0.25, -0.2) is 4.79 Å². The van der Waals surface area contributed by atoms with Crippen molar-refractivity contribution in [2.24, 2.45) is 0 Å². The van der Waals surface area contributed by atoms with Crippen molar-refractivity contribution >= 4 is 17.0 Å². The lowest BCUT2D eigenvalue weighted by molar-refractivity contribution is 0.134. The fourth-order valence-corrected chi connectivity index (χ4v) is 3.54. The lowest BCUT2D eigenvalue weighted by atomic mass is 9.91. The zero-order valence-electron chi connectivity index (χ0n) is 14.3. The average Bonchev–Trinajstić information content (AvgIpc) is 3.04. The molecule has 1 aliphatic carbocycles. The second kappa shape index (κ2) is 6.93. The number of ether oxygens (including phenoxy) is 1. The van der Waals surface area contributed by atoms with E-state index in [1.54, 1.807) is 0 Å². The molecule has 5 nitrogen and oxygen atoms in total. The number of hydrogen-bond donors (Lipinski definition) is 2. The van der Waals surface area contributed by atoms with Crippen molar-refractivity contribution in [2.45, 2.75) is 31.9 Å². The number of nitrogens with one attached hydrogen (secondary N) is 2. The Morgan fingerprint density at radius 2 is 2.12 bits per heavy atom. The van der Waals surface area contributed by atoms with E-state index in [-0.39, 0.29) is 18.7 Å². The van der Waals surface area contributed by atoms with E-state index in [0.717, 1.165) is 35.7 Å². The minimum atomic E-state index is -0.389. The van der Waals surface area contributed by atoms with Crippen LogP contribution >= 0.6 is 0 Å². The van der Waals surface area contributed by atoms with Crippen LogP contribution < -0.4 is 5.32 Å². The molecule has 2 N–H and O–H groups in total. The van der Waals surface area contributed by atoms with E-state index in [1.807, 2.05) is 48.5 Å². The van der Waals surface area contributed by atoms with Gasteiger partial charge in [0.15, 0.2) is 0 Å². The van der Waals surface area contributed by atoms with Crippen LogP contribution in [0.25, 0.3) is 10.9 Å². The first-order valence-corrected chi connectivity index (χ1v) is 8.74. The highest BCUT2D eigenvalue weighted by Gasteiger charge is 2.24. The molecule has 26 heavy (non-hydrogen) atoms. The third-order valence-electron chi connectivity index (χ3n) is 4.85. The van der Waals surface area contributed by atoms with Crippen molar-refractivity contribution in [1.82, 2.24) is 10.3 Å². The number of nitriles is 1. The molecule has 0 radical (unpaired) electrons. The normalized spacial score (nSPS) is 15.9. The fourth-order valence-electron chi connectivity index (χ4n) is 3.54. The number of fused-ring (bicyclic) bond motifs is 3. The molecular weight excluding hydrogens is 326 g/mol. The second-order valence-electron chi connectivity index (χ2n) is 6.60. The molecule has 0 unspecified atom stereocenters. The number of aromatic nitrogens is 1. The molecule has 130 valence electrons. The molecule has 0 saturated carbocycles. The summed E-state index contributed by atoms with van der Waals surface area (Å²) < 4.78 is 5.32. The van der Waals surface area contributed by atoms with Crippen molar-refractivity contribution in [3.05, 3.63) is 70.9 Å². The van der Waals surface area contributed by atoms with Crippen LogP contribution in [0.1, 0.15) is 28.8 Å². The van der Waals surface area contributed by atoms with Gasteiger partial charge in [0, 0.05) is 22.6 Å². The smallest absolute Gasteiger partial charge is 0.407 e. The van der Waals surface area contributed by atoms with Gasteiger partial charge in [-0.15, -0.1) is 0 Å². The number of carbonyl (C=O) groups is 1. The van der Waals surface area contributed by atoms with Crippen LogP contribution in [0.5, 0.6) is 0 Å². The quantitative estimate of drug-likeness (QED) is 0.757. The van der Waals surface area contributed by atoms with E-state index in [9.17, 15) is 4.79 Å². The molecule has 3 aromatic rings. The van der Waals surface area contributed by atoms with E-state index in [1.165, 1.54) is 11.3 Å². The topological polar surface area (TPSA) is 77.9 Å². The molecule has 0 spiro atoms. The van der Waals surface area contributed by atoms with Gasteiger partial charge in [-0.1, -0.05) is 30.3 Å². The summed E-state index contributed by atoms with van der Waals surface area (Å²) in [5, 5.41) is 13.2. The van der Waals surface area contributed by atoms with Crippen molar-refractivity contribution < 1.29 is 9.53 Å². The Bertz CT molecular complexity index is 986. The van der Waals surface area contributed by atoms with E-state index in [2.05, 4.69) is 16.4 Å². The van der Waals surface area contributed by atoms with Crippen LogP contribution in [0.3, 0.4) is 0 Å². The van der Waals surface area contributed by atoms with Gasteiger partial charge < -0.3 is 15.0 Å². The average molecular weight is 345 g/mol. The summed E-state index contributed by atoms with van der Waals surface area (Å²) >= 11 is 0. The zero-order chi connectivity index (χ0) is 17.9. The zero-order valence-corrected chi connectivity index (χ0v) is 14.3. The molecule has 1 amide bonds. The summed E-state index contributed by atoms with van der Waals surface area (Å²) in [6.07, 6.45) is 2.09. The molecule has 0 aliphatic heterocycles. The Kier molecular flexibility index (Phi) is 4.32. The van der Waals surface area contributed by atoms with Crippen LogP contribution in [-0.4, -0.2) is 17.1 Å². The molecule has 0 fully saturated rings. The maximum atomic E-state index is 12.1. The van der Waals surface area contributed by atoms with Crippen molar-refractivity contribution in [3.8, 4) is 6.07 Å². The molecule has 4 rings (SSSR count). The Balaban J connectivity index is 1.43. The summed E-state index contributed by atoms with van der Waals surface area (Å²) in [6.45, 7) is 0.267. The van der Waals surface area contributed by atoms with Gasteiger partial charge in [0.05, 0.1) is 11.6 Å². The van der Waals surface area contributed by atoms with E-state index >= 15 is 0 Å². The maximum Gasteiger partial charge on any atom is 0.407 e. The molecule has 1 heterocycles. The van der Waals surface area contributed by atoms with Crippen LogP contribution in [0.4, 0.5) is 4.79 Å². The second-order valence-corrected chi connectivity index (χ2v) is 6.60. The Labute approximate surface area is 151 Å². The SMILES string of the molecule is N#Cc1ccc2[nH]c3c(c2c1)C[C@@H](NC(=O)OCc1ccccc1)CC3. The van der Waals surface area contributed by atoms with Gasteiger partial charge in [0.25, 0.3) is 0 Å². The first-order chi connectivity index (χ1) is 12.7. The molecule has 0 saturated heterocycles. The van der Waals surface area contributed by atoms with E-state index in [0.29, 0.717) is 5.56 Å². The summed E-state index contributed by atoms with van der Waals surface area (Å²) in [6, 6.07) is 17.5. The molecule has 1 aliphatic rings. The summed E-state index contributed by atoms with van der Waals surface area (Å²) in [4.78, 5) is 15.5. The minimum Gasteiger partial charge on any atom is -0.445 e. The van der Waals surface area contributed by atoms with Crippen molar-refractivity contribution in [2.75, 3.05) is 0 Å². The van der Waals surface area contributed by atoms with Crippen LogP contribution in [0.15, 0.2) is 48.5 Å². The molecular formula is C21H19N3O2. The highest BCUT2D eigenvalue weighted by Crippen LogP contribution is 2.30. The number of alkyl carbamates (subject to hydrolysis) is 1. The first kappa shape index (κ1) is 16.2. The van der Waals surface area contributed by atoms with E-state index in [4.69, 9.17) is 10.00 Å². The summed E-state index contributed by atoms with van der Waals surface area (Å²) in [5.74, 6) is 0. The van der Waals surface area contributed by atoms with Gasteiger partial charge >= 0.3 is 6.09 Å². The Morgan fingerprint density at radius 1 is 1.27 bits per heavy atom.